The van der Waals surface area contributed by atoms with Gasteiger partial charge in [-0.2, -0.15) is 0 Å². The number of aliphatic hydroxyl groups excluding tert-OH is 1. The minimum atomic E-state index is -1.27. The molecule has 2 atom stereocenters. The van der Waals surface area contributed by atoms with Gasteiger partial charge in [-0.3, -0.25) is 14.4 Å². The second kappa shape index (κ2) is 9.48. The lowest BCUT2D eigenvalue weighted by Crippen LogP contribution is -2.35. The van der Waals surface area contributed by atoms with Crippen molar-refractivity contribution >= 4 is 113 Å². The van der Waals surface area contributed by atoms with E-state index in [1.165, 1.54) is 13.8 Å². The molecule has 2 N–H and O–H groups in total. The van der Waals surface area contributed by atoms with E-state index in [0.717, 1.165) is 0 Å². The fraction of sp³-hybridized carbons (Fsp3) is 0.308. The number of esters is 1. The van der Waals surface area contributed by atoms with Crippen LogP contribution in [0.15, 0.2) is 0 Å². The molecule has 0 aliphatic carbocycles. The predicted molar refractivity (Wildman–Crippen MR) is 116 cm³/mol. The first-order chi connectivity index (χ1) is 11.0. The number of anilines is 1. The summed E-state index contributed by atoms with van der Waals surface area (Å²) in [5.41, 5.74) is 0.519. The van der Waals surface area contributed by atoms with E-state index < -0.39 is 28.8 Å². The highest BCUT2D eigenvalue weighted by Crippen LogP contribution is 2.37. The standard InChI is InChI=1S/C13H10Cl2I3NO5/c1-3(24-4(2)20)13(23)19-10-8(17)5(11(14)21)7(16)6(9(10)18)12(15)22/h3,13,19,23H,1-2H3. The van der Waals surface area contributed by atoms with Gasteiger partial charge in [0, 0.05) is 10.5 Å². The van der Waals surface area contributed by atoms with Gasteiger partial charge in [0.15, 0.2) is 6.23 Å². The van der Waals surface area contributed by atoms with Crippen LogP contribution in [0.2, 0.25) is 0 Å². The van der Waals surface area contributed by atoms with E-state index in [2.05, 4.69) is 5.32 Å². The minimum Gasteiger partial charge on any atom is -0.458 e. The average Bonchev–Trinajstić information content (AvgIpc) is 2.41. The average molecular weight is 712 g/mol. The summed E-state index contributed by atoms with van der Waals surface area (Å²) in [5, 5.41) is 11.4. The molecular weight excluding hydrogens is 702 g/mol. The largest absolute Gasteiger partial charge is 0.458 e. The van der Waals surface area contributed by atoms with Crippen LogP contribution in [0.3, 0.4) is 0 Å². The third-order valence-electron chi connectivity index (χ3n) is 2.80. The molecule has 132 valence electrons. The van der Waals surface area contributed by atoms with E-state index in [4.69, 9.17) is 27.9 Å². The number of rotatable bonds is 6. The summed E-state index contributed by atoms with van der Waals surface area (Å²) in [5.74, 6) is -0.552. The van der Waals surface area contributed by atoms with Crippen molar-refractivity contribution < 1.29 is 24.2 Å². The van der Waals surface area contributed by atoms with Crippen molar-refractivity contribution in [3.63, 3.8) is 0 Å². The Hall–Kier alpha value is 0.560. The van der Waals surface area contributed by atoms with Crippen LogP contribution in [0.4, 0.5) is 5.69 Å². The van der Waals surface area contributed by atoms with Crippen LogP contribution in [-0.4, -0.2) is 33.9 Å². The molecule has 6 nitrogen and oxygen atoms in total. The second-order valence-corrected chi connectivity index (χ2v) is 8.44. The van der Waals surface area contributed by atoms with Crippen molar-refractivity contribution in [1.82, 2.24) is 0 Å². The highest BCUT2D eigenvalue weighted by atomic mass is 127. The highest BCUT2D eigenvalue weighted by Gasteiger charge is 2.28. The van der Waals surface area contributed by atoms with Gasteiger partial charge in [-0.05, 0) is 97.9 Å². The molecule has 24 heavy (non-hydrogen) atoms. The van der Waals surface area contributed by atoms with E-state index in [9.17, 15) is 19.5 Å². The second-order valence-electron chi connectivity index (χ2n) is 4.52. The lowest BCUT2D eigenvalue weighted by atomic mass is 10.1. The normalized spacial score (nSPS) is 13.2. The van der Waals surface area contributed by atoms with E-state index in [0.29, 0.717) is 16.4 Å². The van der Waals surface area contributed by atoms with Gasteiger partial charge < -0.3 is 15.2 Å². The van der Waals surface area contributed by atoms with E-state index >= 15 is 0 Å². The smallest absolute Gasteiger partial charge is 0.303 e. The van der Waals surface area contributed by atoms with Gasteiger partial charge in [0.2, 0.25) is 0 Å². The fourth-order valence-corrected chi connectivity index (χ4v) is 7.20. The Morgan fingerprint density at radius 1 is 1.04 bits per heavy atom. The maximum absolute atomic E-state index is 11.7. The van der Waals surface area contributed by atoms with Crippen molar-refractivity contribution in [2.24, 2.45) is 0 Å². The summed E-state index contributed by atoms with van der Waals surface area (Å²) in [7, 11) is 0. The first-order valence-electron chi connectivity index (χ1n) is 6.20. The molecule has 1 aromatic rings. The van der Waals surface area contributed by atoms with Crippen LogP contribution >= 0.6 is 91.0 Å². The summed E-state index contributed by atoms with van der Waals surface area (Å²) < 4.78 is 6.06. The Morgan fingerprint density at radius 2 is 1.46 bits per heavy atom. The Morgan fingerprint density at radius 3 is 1.79 bits per heavy atom. The molecule has 0 amide bonds. The molecule has 0 spiro atoms. The quantitative estimate of drug-likeness (QED) is 0.201. The Balaban J connectivity index is 3.45. The van der Waals surface area contributed by atoms with E-state index in [1.54, 1.807) is 0 Å². The number of carbonyl (C=O) groups excluding carboxylic acids is 3. The molecule has 0 fully saturated rings. The maximum Gasteiger partial charge on any atom is 0.303 e. The first kappa shape index (κ1) is 22.6. The number of benzene rings is 1. The van der Waals surface area contributed by atoms with Gasteiger partial charge in [-0.15, -0.1) is 0 Å². The first-order valence-corrected chi connectivity index (χ1v) is 10.2. The lowest BCUT2D eigenvalue weighted by Gasteiger charge is -2.24. The van der Waals surface area contributed by atoms with E-state index in [1.807, 2.05) is 67.8 Å². The topological polar surface area (TPSA) is 92.7 Å². The molecule has 0 bridgehead atoms. The Labute approximate surface area is 188 Å². The van der Waals surface area contributed by atoms with Gasteiger partial charge in [-0.1, -0.05) is 0 Å². The zero-order valence-corrected chi connectivity index (χ0v) is 20.1. The lowest BCUT2D eigenvalue weighted by molar-refractivity contribution is -0.149. The summed E-state index contributed by atoms with van der Waals surface area (Å²) in [6, 6.07) is 0. The van der Waals surface area contributed by atoms with Crippen LogP contribution in [0.1, 0.15) is 34.6 Å². The number of ether oxygens (including phenoxy) is 1. The van der Waals surface area contributed by atoms with Crippen LogP contribution in [0.25, 0.3) is 0 Å². The van der Waals surface area contributed by atoms with Crippen LogP contribution < -0.4 is 5.32 Å². The minimum absolute atomic E-state index is 0.108. The number of carbonyl (C=O) groups is 3. The SMILES string of the molecule is CC(=O)OC(C)C(O)Nc1c(I)c(C(=O)Cl)c(I)c(C(=O)Cl)c1I. The summed E-state index contributed by atoms with van der Waals surface area (Å²) >= 11 is 16.8. The molecule has 0 saturated heterocycles. The molecule has 0 aromatic heterocycles. The number of nitrogens with one attached hydrogen (secondary N) is 1. The number of halogens is 5. The third-order valence-corrected chi connectivity index (χ3v) is 6.41. The zero-order chi connectivity index (χ0) is 18.8. The highest BCUT2D eigenvalue weighted by molar-refractivity contribution is 14.1. The predicted octanol–water partition coefficient (Wildman–Crippen LogP) is 3.94. The van der Waals surface area contributed by atoms with Gasteiger partial charge >= 0.3 is 5.97 Å². The van der Waals surface area contributed by atoms with Crippen molar-refractivity contribution in [3.8, 4) is 0 Å². The molecule has 1 rings (SSSR count). The molecule has 0 saturated carbocycles. The summed E-state index contributed by atoms with van der Waals surface area (Å²) in [6.07, 6.45) is -2.13. The maximum atomic E-state index is 11.7. The van der Waals surface area contributed by atoms with Gasteiger partial charge in [0.1, 0.15) is 6.10 Å². The van der Waals surface area contributed by atoms with E-state index in [-0.39, 0.29) is 11.1 Å². The van der Waals surface area contributed by atoms with Gasteiger partial charge in [0.25, 0.3) is 10.5 Å². The number of aliphatic hydroxyl groups is 1. The molecule has 0 radical (unpaired) electrons. The molecular formula is C13H10Cl2I3NO5. The number of hydrogen-bond acceptors (Lipinski definition) is 6. The fourth-order valence-electron chi connectivity index (χ4n) is 1.73. The van der Waals surface area contributed by atoms with Crippen LogP contribution in [0, 0.1) is 10.7 Å². The molecule has 0 aliphatic rings. The molecule has 0 heterocycles. The molecule has 11 heteroatoms. The van der Waals surface area contributed by atoms with Gasteiger partial charge in [0.05, 0.1) is 24.0 Å². The van der Waals surface area contributed by atoms with Crippen molar-refractivity contribution in [2.45, 2.75) is 26.2 Å². The molecule has 2 unspecified atom stereocenters. The molecule has 1 aromatic carbocycles. The summed E-state index contributed by atoms with van der Waals surface area (Å²) in [6.45, 7) is 2.71. The third kappa shape index (κ3) is 5.28. The molecule has 0 aliphatic heterocycles. The number of hydrogen-bond donors (Lipinski definition) is 2. The van der Waals surface area contributed by atoms with Crippen molar-refractivity contribution in [2.75, 3.05) is 5.32 Å². The Kier molecular flexibility index (Phi) is 8.93. The van der Waals surface area contributed by atoms with Crippen LogP contribution in [-0.2, 0) is 9.53 Å². The van der Waals surface area contributed by atoms with Crippen molar-refractivity contribution in [1.29, 1.82) is 0 Å². The Bertz CT molecular complexity index is 672. The monoisotopic (exact) mass is 711 g/mol. The summed E-state index contributed by atoms with van der Waals surface area (Å²) in [4.78, 5) is 34.4. The van der Waals surface area contributed by atoms with Gasteiger partial charge in [-0.25, -0.2) is 0 Å². The zero-order valence-electron chi connectivity index (χ0n) is 12.1. The van der Waals surface area contributed by atoms with Crippen molar-refractivity contribution in [3.05, 3.63) is 21.8 Å². The van der Waals surface area contributed by atoms with Crippen LogP contribution in [0.5, 0.6) is 0 Å².